The molecule has 0 saturated carbocycles. The minimum atomic E-state index is -4.80. The van der Waals surface area contributed by atoms with E-state index in [-0.39, 0.29) is 16.4 Å². The summed E-state index contributed by atoms with van der Waals surface area (Å²) < 4.78 is 40.0. The maximum Gasteiger partial charge on any atom is 0.573 e. The molecule has 0 aromatic heterocycles. The van der Waals surface area contributed by atoms with Crippen LogP contribution in [0.25, 0.3) is 0 Å². The van der Waals surface area contributed by atoms with Crippen molar-refractivity contribution in [1.82, 2.24) is 0 Å². The lowest BCUT2D eigenvalue weighted by Gasteiger charge is -2.18. The van der Waals surface area contributed by atoms with Crippen molar-refractivity contribution in [3.63, 3.8) is 0 Å². The van der Waals surface area contributed by atoms with Crippen LogP contribution in [0.15, 0.2) is 18.2 Å². The number of carbonyl (C=O) groups excluding carboxylic acids is 1. The van der Waals surface area contributed by atoms with Crippen molar-refractivity contribution in [1.29, 1.82) is 0 Å². The topological polar surface area (TPSA) is 26.3 Å². The molecule has 0 amide bonds. The smallest absolute Gasteiger partial charge is 0.406 e. The minimum Gasteiger partial charge on any atom is -0.406 e. The number of ketones is 1. The molecule has 0 aliphatic carbocycles. The van der Waals surface area contributed by atoms with E-state index < -0.39 is 17.5 Å². The SMILES string of the molecule is CC(C)(C)C(=O)c1cc(OC(F)(F)F)ccc1Cl. The van der Waals surface area contributed by atoms with Crippen LogP contribution in [0.5, 0.6) is 5.75 Å². The molecule has 18 heavy (non-hydrogen) atoms. The van der Waals surface area contributed by atoms with Crippen molar-refractivity contribution in [3.8, 4) is 5.75 Å². The second kappa shape index (κ2) is 4.80. The summed E-state index contributed by atoms with van der Waals surface area (Å²) in [7, 11) is 0. The van der Waals surface area contributed by atoms with Crippen molar-refractivity contribution >= 4 is 17.4 Å². The summed E-state index contributed by atoms with van der Waals surface area (Å²) >= 11 is 5.81. The average Bonchev–Trinajstić information content (AvgIpc) is 2.16. The van der Waals surface area contributed by atoms with Gasteiger partial charge < -0.3 is 4.74 Å². The van der Waals surface area contributed by atoms with E-state index in [9.17, 15) is 18.0 Å². The number of Topliss-reactive ketones (excluding diaryl/α,β-unsaturated/α-hetero) is 1. The predicted molar refractivity (Wildman–Crippen MR) is 61.9 cm³/mol. The first-order valence-electron chi connectivity index (χ1n) is 5.11. The van der Waals surface area contributed by atoms with Gasteiger partial charge in [-0.3, -0.25) is 4.79 Å². The summed E-state index contributed by atoms with van der Waals surface area (Å²) in [6.45, 7) is 4.97. The Bertz CT molecular complexity index is 461. The molecule has 100 valence electrons. The van der Waals surface area contributed by atoms with Gasteiger partial charge >= 0.3 is 6.36 Å². The largest absolute Gasteiger partial charge is 0.573 e. The lowest BCUT2D eigenvalue weighted by atomic mass is 9.86. The lowest BCUT2D eigenvalue weighted by Crippen LogP contribution is -2.21. The Kier molecular flexibility index (Phi) is 3.96. The average molecular weight is 281 g/mol. The Morgan fingerprint density at radius 2 is 1.78 bits per heavy atom. The van der Waals surface area contributed by atoms with Crippen LogP contribution in [0, 0.1) is 5.41 Å². The number of rotatable bonds is 2. The third kappa shape index (κ3) is 3.91. The van der Waals surface area contributed by atoms with Crippen LogP contribution in [-0.2, 0) is 0 Å². The molecule has 0 N–H and O–H groups in total. The predicted octanol–water partition coefficient (Wildman–Crippen LogP) is 4.47. The van der Waals surface area contributed by atoms with Gasteiger partial charge in [-0.05, 0) is 18.2 Å². The normalized spacial score (nSPS) is 12.4. The summed E-state index contributed by atoms with van der Waals surface area (Å²) in [4.78, 5) is 12.0. The highest BCUT2D eigenvalue weighted by Gasteiger charge is 2.32. The maximum atomic E-state index is 12.1. The molecule has 0 fully saturated rings. The highest BCUT2D eigenvalue weighted by atomic mass is 35.5. The zero-order valence-electron chi connectivity index (χ0n) is 10.1. The number of hydrogen-bond acceptors (Lipinski definition) is 2. The first-order chi connectivity index (χ1) is 8.00. The van der Waals surface area contributed by atoms with E-state index in [4.69, 9.17) is 11.6 Å². The van der Waals surface area contributed by atoms with Crippen molar-refractivity contribution in [2.45, 2.75) is 27.1 Å². The Labute approximate surface area is 108 Å². The molecule has 0 aliphatic heterocycles. The molecule has 1 aromatic rings. The molecule has 0 radical (unpaired) electrons. The van der Waals surface area contributed by atoms with Gasteiger partial charge in [0.15, 0.2) is 5.78 Å². The van der Waals surface area contributed by atoms with Crippen molar-refractivity contribution in [2.75, 3.05) is 0 Å². The van der Waals surface area contributed by atoms with E-state index in [0.29, 0.717) is 0 Å². The molecule has 2 nitrogen and oxygen atoms in total. The molecule has 0 saturated heterocycles. The van der Waals surface area contributed by atoms with Gasteiger partial charge in [-0.2, -0.15) is 0 Å². The zero-order valence-corrected chi connectivity index (χ0v) is 10.8. The molecule has 1 aromatic carbocycles. The van der Waals surface area contributed by atoms with Gasteiger partial charge in [-0.15, -0.1) is 13.2 Å². The number of hydrogen-bond donors (Lipinski definition) is 0. The number of carbonyl (C=O) groups is 1. The van der Waals surface area contributed by atoms with Crippen LogP contribution in [0.2, 0.25) is 5.02 Å². The van der Waals surface area contributed by atoms with Crippen LogP contribution in [0.4, 0.5) is 13.2 Å². The number of halogens is 4. The van der Waals surface area contributed by atoms with Gasteiger partial charge in [0.25, 0.3) is 0 Å². The van der Waals surface area contributed by atoms with Crippen molar-refractivity contribution in [3.05, 3.63) is 28.8 Å². The van der Waals surface area contributed by atoms with Gasteiger partial charge in [-0.1, -0.05) is 32.4 Å². The lowest BCUT2D eigenvalue weighted by molar-refractivity contribution is -0.274. The van der Waals surface area contributed by atoms with Crippen LogP contribution in [-0.4, -0.2) is 12.1 Å². The van der Waals surface area contributed by atoms with Gasteiger partial charge in [0.1, 0.15) is 5.75 Å². The second-order valence-electron chi connectivity index (χ2n) is 4.77. The van der Waals surface area contributed by atoms with Gasteiger partial charge in [0.05, 0.1) is 5.02 Å². The fourth-order valence-corrected chi connectivity index (χ4v) is 1.48. The van der Waals surface area contributed by atoms with Gasteiger partial charge in [0, 0.05) is 11.0 Å². The van der Waals surface area contributed by atoms with Crippen LogP contribution in [0.3, 0.4) is 0 Å². The summed E-state index contributed by atoms with van der Waals surface area (Å²) in [5, 5.41) is 0.101. The molecule has 0 aliphatic rings. The van der Waals surface area contributed by atoms with Crippen molar-refractivity contribution < 1.29 is 22.7 Å². The van der Waals surface area contributed by atoms with Crippen LogP contribution < -0.4 is 4.74 Å². The zero-order chi connectivity index (χ0) is 14.1. The summed E-state index contributed by atoms with van der Waals surface area (Å²) in [6.07, 6.45) is -4.80. The molecular formula is C12H12ClF3O2. The third-order valence-corrected chi connectivity index (χ3v) is 2.43. The van der Waals surface area contributed by atoms with E-state index in [2.05, 4.69) is 4.74 Å². The Morgan fingerprint density at radius 1 is 1.22 bits per heavy atom. The molecular weight excluding hydrogens is 269 g/mol. The number of alkyl halides is 3. The molecule has 0 bridgehead atoms. The molecule has 0 unspecified atom stereocenters. The minimum absolute atomic E-state index is 0.0194. The first-order valence-corrected chi connectivity index (χ1v) is 5.48. The first kappa shape index (κ1) is 14.8. The van der Waals surface area contributed by atoms with E-state index in [1.807, 2.05) is 0 Å². The maximum absolute atomic E-state index is 12.1. The number of benzene rings is 1. The summed E-state index contributed by atoms with van der Waals surface area (Å²) in [5.41, 5.74) is -0.716. The van der Waals surface area contributed by atoms with Crippen molar-refractivity contribution in [2.24, 2.45) is 5.41 Å². The van der Waals surface area contributed by atoms with E-state index >= 15 is 0 Å². The van der Waals surface area contributed by atoms with E-state index in [1.165, 1.54) is 6.07 Å². The standard InChI is InChI=1S/C12H12ClF3O2/c1-11(2,3)10(17)8-6-7(4-5-9(8)13)18-12(14,15)16/h4-6H,1-3H3. The highest BCUT2D eigenvalue weighted by Crippen LogP contribution is 2.31. The summed E-state index contributed by atoms with van der Waals surface area (Å²) in [5.74, 6) is -0.806. The Morgan fingerprint density at radius 3 is 2.22 bits per heavy atom. The second-order valence-corrected chi connectivity index (χ2v) is 5.18. The molecule has 1 rings (SSSR count). The molecule has 6 heteroatoms. The summed E-state index contributed by atoms with van der Waals surface area (Å²) in [6, 6.07) is 3.28. The van der Waals surface area contributed by atoms with Crippen LogP contribution in [0.1, 0.15) is 31.1 Å². The third-order valence-electron chi connectivity index (χ3n) is 2.10. The van der Waals surface area contributed by atoms with Crippen LogP contribution >= 0.6 is 11.6 Å². The molecule has 0 spiro atoms. The van der Waals surface area contributed by atoms with E-state index in [1.54, 1.807) is 20.8 Å². The highest BCUT2D eigenvalue weighted by molar-refractivity contribution is 6.34. The Balaban J connectivity index is 3.14. The van der Waals surface area contributed by atoms with Gasteiger partial charge in [-0.25, -0.2) is 0 Å². The number of ether oxygens (including phenoxy) is 1. The molecule has 0 heterocycles. The quantitative estimate of drug-likeness (QED) is 0.747. The van der Waals surface area contributed by atoms with E-state index in [0.717, 1.165) is 12.1 Å². The monoisotopic (exact) mass is 280 g/mol. The Hall–Kier alpha value is -1.23. The van der Waals surface area contributed by atoms with Gasteiger partial charge in [0.2, 0.25) is 0 Å². The molecule has 0 atom stereocenters. The fraction of sp³-hybridized carbons (Fsp3) is 0.417. The fourth-order valence-electron chi connectivity index (χ4n) is 1.28.